The molecule has 2 aliphatic rings. The van der Waals surface area contributed by atoms with Gasteiger partial charge < -0.3 is 69.3 Å². The second-order valence-corrected chi connectivity index (χ2v) is 18.2. The minimum atomic E-state index is -1.33. The van der Waals surface area contributed by atoms with E-state index in [9.17, 15) is 43.5 Å². The molecule has 2 aromatic carbocycles. The summed E-state index contributed by atoms with van der Waals surface area (Å²) >= 11 is 0. The number of rotatable bonds is 29. The Morgan fingerprint density at radius 3 is 1.60 bits per heavy atom. The lowest BCUT2D eigenvalue weighted by Gasteiger charge is -2.29. The molecule has 2 heterocycles. The van der Waals surface area contributed by atoms with Gasteiger partial charge in [-0.05, 0) is 82.4 Å². The first-order valence-electron chi connectivity index (χ1n) is 24.8. The molecule has 0 saturated carbocycles. The molecule has 0 bridgehead atoms. The number of likely N-dealkylation sites (tertiary alicyclic amines) is 1. The van der Waals surface area contributed by atoms with Gasteiger partial charge in [-0.2, -0.15) is 0 Å². The molecule has 0 aliphatic carbocycles. The number of guanidine groups is 2. The molecule has 394 valence electrons. The number of hydrogen-bond acceptors (Lipinski definition) is 11. The Morgan fingerprint density at radius 2 is 1.11 bits per heavy atom. The Bertz CT molecular complexity index is 2160. The molecule has 0 aromatic heterocycles. The first-order chi connectivity index (χ1) is 34.5. The summed E-state index contributed by atoms with van der Waals surface area (Å²) in [6, 6.07) is 8.94. The molecule has 23 heteroatoms. The zero-order valence-electron chi connectivity index (χ0n) is 41.2. The third kappa shape index (κ3) is 19.1. The molecule has 16 N–H and O–H groups in total. The fourth-order valence-electron chi connectivity index (χ4n) is 8.54. The number of unbranched alkanes of at least 4 members (excludes halogenated alkanes) is 1. The Labute approximate surface area is 420 Å². The SMILES string of the molecule is CCCC[C@H](NC(=O)[C@H](C)NC(=O)[C@H](CCCNC(=N)N)NC(=O)[C@H](Cc1ccccc1)NC(=O)[C@H](Cc1ccccc1)NC(=O)[C@H](CCCNC(=N)N)NC(=O)[C@@H]1CCCN1)C(=O)N1CCC[C@@H]1C(=O)O. The molecule has 2 aliphatic heterocycles. The highest BCUT2D eigenvalue weighted by molar-refractivity contribution is 5.98. The van der Waals surface area contributed by atoms with Crippen LogP contribution in [0.2, 0.25) is 0 Å². The topological polar surface area (TPSA) is 368 Å². The van der Waals surface area contributed by atoms with Crippen molar-refractivity contribution in [2.45, 2.75) is 146 Å². The van der Waals surface area contributed by atoms with Crippen LogP contribution in [-0.4, -0.2) is 144 Å². The van der Waals surface area contributed by atoms with Gasteiger partial charge in [-0.25, -0.2) is 4.79 Å². The second-order valence-electron chi connectivity index (χ2n) is 18.2. The molecule has 23 nitrogen and oxygen atoms in total. The predicted molar refractivity (Wildman–Crippen MR) is 269 cm³/mol. The van der Waals surface area contributed by atoms with Gasteiger partial charge in [0.05, 0.1) is 6.04 Å². The van der Waals surface area contributed by atoms with Crippen LogP contribution in [-0.2, 0) is 51.2 Å². The van der Waals surface area contributed by atoms with E-state index in [4.69, 9.17) is 22.3 Å². The first-order valence-corrected chi connectivity index (χ1v) is 24.8. The minimum Gasteiger partial charge on any atom is -0.480 e. The lowest BCUT2D eigenvalue weighted by atomic mass is 10.0. The standard InChI is InChI=1S/C49H74N14O9/c1-3-4-19-36(46(70)63-27-14-23-39(63)47(71)72)60-40(64)30(2)57-42(66)34(21-12-25-55-48(50)51)59-44(68)37(28-31-15-7-5-8-16-31)62-45(69)38(29-32-17-9-6-10-18-32)61-43(67)35(22-13-26-56-49(52)53)58-41(65)33-20-11-24-54-33/h5-10,15-18,30,33-39,54H,3-4,11-14,19-29H2,1-2H3,(H,57,66)(H,58,65)(H,59,68)(H,60,64)(H,61,67)(H,62,69)(H,71,72)(H4,50,51,55)(H4,52,53,56)/t30-,33-,34-,35-,36-,37-,38-,39+/m0/s1. The maximum Gasteiger partial charge on any atom is 0.326 e. The quantitative estimate of drug-likeness (QED) is 0.0263. The first kappa shape index (κ1) is 57.3. The number of hydrogen-bond donors (Lipinski definition) is 14. The van der Waals surface area contributed by atoms with Crippen LogP contribution in [0, 0.1) is 10.8 Å². The number of amides is 7. The van der Waals surface area contributed by atoms with Crippen LogP contribution < -0.4 is 59.3 Å². The van der Waals surface area contributed by atoms with E-state index in [1.54, 1.807) is 60.7 Å². The fourth-order valence-corrected chi connectivity index (χ4v) is 8.54. The summed E-state index contributed by atoms with van der Waals surface area (Å²) in [4.78, 5) is 111. The highest BCUT2D eigenvalue weighted by Crippen LogP contribution is 2.20. The molecule has 8 atom stereocenters. The van der Waals surface area contributed by atoms with Crippen LogP contribution in [0.4, 0.5) is 0 Å². The van der Waals surface area contributed by atoms with Crippen molar-refractivity contribution in [1.82, 2.24) is 52.8 Å². The molecule has 7 amide bonds. The van der Waals surface area contributed by atoms with Crippen LogP contribution >= 0.6 is 0 Å². The van der Waals surface area contributed by atoms with Crippen LogP contribution in [0.5, 0.6) is 0 Å². The zero-order chi connectivity index (χ0) is 52.6. The smallest absolute Gasteiger partial charge is 0.326 e. The summed E-state index contributed by atoms with van der Waals surface area (Å²) in [5.74, 6) is -6.24. The summed E-state index contributed by atoms with van der Waals surface area (Å²) in [5, 5.41) is 49.8. The molecule has 2 saturated heterocycles. The van der Waals surface area contributed by atoms with E-state index >= 15 is 0 Å². The summed E-state index contributed by atoms with van der Waals surface area (Å²) in [7, 11) is 0. The van der Waals surface area contributed by atoms with E-state index in [-0.39, 0.29) is 76.0 Å². The van der Waals surface area contributed by atoms with Crippen LogP contribution in [0.1, 0.15) is 95.6 Å². The molecule has 2 fully saturated rings. The van der Waals surface area contributed by atoms with Crippen molar-refractivity contribution in [1.29, 1.82) is 10.8 Å². The monoisotopic (exact) mass is 1000 g/mol. The third-order valence-corrected chi connectivity index (χ3v) is 12.5. The maximum atomic E-state index is 14.6. The van der Waals surface area contributed by atoms with E-state index in [0.717, 1.165) is 6.42 Å². The number of benzene rings is 2. The Kier molecular flexibility index (Phi) is 23.7. The van der Waals surface area contributed by atoms with Crippen molar-refractivity contribution >= 4 is 59.2 Å². The highest BCUT2D eigenvalue weighted by Gasteiger charge is 2.39. The van der Waals surface area contributed by atoms with Gasteiger partial charge in [0, 0.05) is 32.5 Å². The van der Waals surface area contributed by atoms with Gasteiger partial charge in [-0.3, -0.25) is 44.4 Å². The fraction of sp³-hybridized carbons (Fsp3) is 0.551. The summed E-state index contributed by atoms with van der Waals surface area (Å²) in [6.07, 6.45) is 4.28. The number of carboxylic acid groups (broad SMARTS) is 1. The second kappa shape index (κ2) is 29.8. The van der Waals surface area contributed by atoms with Gasteiger partial charge in [-0.1, -0.05) is 80.4 Å². The van der Waals surface area contributed by atoms with Crippen molar-refractivity contribution in [2.75, 3.05) is 26.2 Å². The van der Waals surface area contributed by atoms with E-state index in [1.165, 1.54) is 11.8 Å². The summed E-state index contributed by atoms with van der Waals surface area (Å²) in [6.45, 7) is 4.59. The van der Waals surface area contributed by atoms with Gasteiger partial charge >= 0.3 is 5.97 Å². The molecule has 0 radical (unpaired) electrons. The molecule has 72 heavy (non-hydrogen) atoms. The average molecular weight is 1000 g/mol. The van der Waals surface area contributed by atoms with Gasteiger partial charge in [-0.15, -0.1) is 0 Å². The Morgan fingerprint density at radius 1 is 0.639 bits per heavy atom. The molecular formula is C49H74N14O9. The van der Waals surface area contributed by atoms with Crippen molar-refractivity contribution < 1.29 is 43.5 Å². The summed E-state index contributed by atoms with van der Waals surface area (Å²) < 4.78 is 0. The normalized spacial score (nSPS) is 17.6. The van der Waals surface area contributed by atoms with Crippen molar-refractivity contribution in [2.24, 2.45) is 11.5 Å². The molecule has 4 rings (SSSR count). The predicted octanol–water partition coefficient (Wildman–Crippen LogP) is -1.06. The number of carboxylic acids is 1. The maximum absolute atomic E-state index is 14.6. The van der Waals surface area contributed by atoms with E-state index in [1.807, 2.05) is 6.92 Å². The molecule has 2 aromatic rings. The van der Waals surface area contributed by atoms with Crippen molar-refractivity contribution in [3.63, 3.8) is 0 Å². The van der Waals surface area contributed by atoms with Crippen LogP contribution in [0.15, 0.2) is 60.7 Å². The average Bonchev–Trinajstić information content (AvgIpc) is 4.09. The highest BCUT2D eigenvalue weighted by atomic mass is 16.4. The Hall–Kier alpha value is -7.30. The zero-order valence-corrected chi connectivity index (χ0v) is 41.2. The minimum absolute atomic E-state index is 0.00791. The number of aliphatic carboxylic acids is 1. The number of nitrogens with two attached hydrogens (primary N) is 2. The molecule has 0 spiro atoms. The lowest BCUT2D eigenvalue weighted by molar-refractivity contribution is -0.149. The van der Waals surface area contributed by atoms with E-state index in [2.05, 4.69) is 47.9 Å². The van der Waals surface area contributed by atoms with Gasteiger partial charge in [0.2, 0.25) is 41.4 Å². The van der Waals surface area contributed by atoms with Crippen molar-refractivity contribution in [3.8, 4) is 0 Å². The Balaban J connectivity index is 1.58. The van der Waals surface area contributed by atoms with Crippen LogP contribution in [0.3, 0.4) is 0 Å². The number of nitrogens with zero attached hydrogens (tertiary/aromatic N) is 1. The number of carbonyl (C=O) groups is 8. The summed E-state index contributed by atoms with van der Waals surface area (Å²) in [5.41, 5.74) is 12.3. The molecule has 0 unspecified atom stereocenters. The van der Waals surface area contributed by atoms with Crippen LogP contribution in [0.25, 0.3) is 0 Å². The van der Waals surface area contributed by atoms with Crippen molar-refractivity contribution in [3.05, 3.63) is 71.8 Å². The third-order valence-electron chi connectivity index (χ3n) is 12.5. The van der Waals surface area contributed by atoms with E-state index < -0.39 is 89.7 Å². The van der Waals surface area contributed by atoms with Gasteiger partial charge in [0.1, 0.15) is 42.3 Å². The van der Waals surface area contributed by atoms with E-state index in [0.29, 0.717) is 56.2 Å². The van der Waals surface area contributed by atoms with Gasteiger partial charge in [0.15, 0.2) is 11.9 Å². The molecular weight excluding hydrogens is 929 g/mol. The number of nitrogens with one attached hydrogen (secondary N) is 11. The lowest BCUT2D eigenvalue weighted by Crippen LogP contribution is -2.60. The largest absolute Gasteiger partial charge is 0.480 e. The number of carbonyl (C=O) groups excluding carboxylic acids is 7. The van der Waals surface area contributed by atoms with Gasteiger partial charge in [0.25, 0.3) is 0 Å².